The number of aromatic nitrogens is 8. The Morgan fingerprint density at radius 2 is 2.05 bits per heavy atom. The van der Waals surface area contributed by atoms with Gasteiger partial charge in [0.2, 0.25) is 5.82 Å². The second-order valence-corrected chi connectivity index (χ2v) is 9.85. The van der Waals surface area contributed by atoms with Gasteiger partial charge in [0.25, 0.3) is 5.91 Å². The predicted molar refractivity (Wildman–Crippen MR) is 152 cm³/mol. The number of benzene rings is 1. The van der Waals surface area contributed by atoms with E-state index in [9.17, 15) is 14.3 Å². The fourth-order valence-corrected chi connectivity index (χ4v) is 4.54. The van der Waals surface area contributed by atoms with Crippen LogP contribution < -0.4 is 5.32 Å². The number of aryl methyl sites for hydroxylation is 2. The van der Waals surface area contributed by atoms with Gasteiger partial charge in [-0.25, -0.2) is 8.91 Å². The highest BCUT2D eigenvalue weighted by atomic mass is 35.5. The molecule has 0 aliphatic rings. The minimum absolute atomic E-state index is 0.0129. The highest BCUT2D eigenvalue weighted by Gasteiger charge is 2.20. The normalized spacial score (nSPS) is 12.2. The maximum absolute atomic E-state index is 14.7. The monoisotopic (exact) mass is 597 g/mol. The van der Waals surface area contributed by atoms with E-state index in [1.165, 1.54) is 17.1 Å². The van der Waals surface area contributed by atoms with Gasteiger partial charge in [-0.15, -0.1) is 10.2 Å². The predicted octanol–water partition coefficient (Wildman–Crippen LogP) is 3.25. The molecule has 0 radical (unpaired) electrons. The largest absolute Gasteiger partial charge is 0.389 e. The van der Waals surface area contributed by atoms with E-state index in [0.29, 0.717) is 25.3 Å². The van der Waals surface area contributed by atoms with Crippen LogP contribution in [0.5, 0.6) is 0 Å². The molecular formula is C27H29ClFN9O4. The first-order valence-electron chi connectivity index (χ1n) is 13.1. The molecule has 220 valence electrons. The molecule has 15 heteroatoms. The van der Waals surface area contributed by atoms with Crippen LogP contribution in [0.2, 0.25) is 5.02 Å². The van der Waals surface area contributed by atoms with Crippen molar-refractivity contribution >= 4 is 28.7 Å². The molecule has 0 bridgehead atoms. The maximum Gasteiger partial charge on any atom is 0.259 e. The maximum atomic E-state index is 14.7. The van der Waals surface area contributed by atoms with Crippen LogP contribution in [0.4, 0.5) is 10.1 Å². The minimum Gasteiger partial charge on any atom is -0.389 e. The van der Waals surface area contributed by atoms with Crippen molar-refractivity contribution in [2.45, 2.75) is 33.0 Å². The number of fused-ring (bicyclic) bond motifs is 1. The molecule has 0 aliphatic carbocycles. The first-order valence-corrected chi connectivity index (χ1v) is 13.5. The minimum atomic E-state index is -0.741. The van der Waals surface area contributed by atoms with E-state index in [4.69, 9.17) is 21.1 Å². The van der Waals surface area contributed by atoms with Crippen molar-refractivity contribution in [1.82, 2.24) is 39.6 Å². The Morgan fingerprint density at radius 3 is 2.81 bits per heavy atom. The number of hydrogen-bond acceptors (Lipinski definition) is 9. The van der Waals surface area contributed by atoms with Crippen LogP contribution in [0, 0.1) is 12.7 Å². The third-order valence-corrected chi connectivity index (χ3v) is 6.76. The van der Waals surface area contributed by atoms with Gasteiger partial charge in [0.15, 0.2) is 0 Å². The lowest BCUT2D eigenvalue weighted by atomic mass is 10.1. The number of nitrogens with zero attached hydrogens (tertiary/aromatic N) is 8. The molecule has 4 heterocycles. The van der Waals surface area contributed by atoms with Crippen LogP contribution >= 0.6 is 11.6 Å². The molecule has 1 atom stereocenters. The third kappa shape index (κ3) is 6.31. The Hall–Kier alpha value is -4.24. The molecule has 1 aromatic carbocycles. The second kappa shape index (κ2) is 12.7. The van der Waals surface area contributed by atoms with E-state index in [-0.39, 0.29) is 40.8 Å². The topological polar surface area (TPSA) is 147 Å². The number of rotatable bonds is 12. The summed E-state index contributed by atoms with van der Waals surface area (Å²) in [6, 6.07) is 6.15. The number of aliphatic hydroxyl groups is 1. The third-order valence-electron chi connectivity index (χ3n) is 6.44. The summed E-state index contributed by atoms with van der Waals surface area (Å²) in [6.45, 7) is 5.42. The van der Waals surface area contributed by atoms with Gasteiger partial charge >= 0.3 is 0 Å². The zero-order valence-electron chi connectivity index (χ0n) is 23.2. The number of pyridine rings is 1. The Balaban J connectivity index is 1.36. The molecule has 2 N–H and O–H groups in total. The average molecular weight is 598 g/mol. The highest BCUT2D eigenvalue weighted by molar-refractivity contribution is 6.34. The van der Waals surface area contributed by atoms with Gasteiger partial charge in [-0.05, 0) is 48.9 Å². The Morgan fingerprint density at radius 1 is 1.21 bits per heavy atom. The van der Waals surface area contributed by atoms with Gasteiger partial charge in [0.05, 0.1) is 78.3 Å². The first kappa shape index (κ1) is 29.3. The number of ether oxygens (including phenoxy) is 2. The number of nitrogens with one attached hydrogen (secondary N) is 1. The Kier molecular flexibility index (Phi) is 8.87. The van der Waals surface area contributed by atoms with Crippen molar-refractivity contribution in [1.29, 1.82) is 0 Å². The van der Waals surface area contributed by atoms with Crippen molar-refractivity contribution in [3.05, 3.63) is 65.0 Å². The highest BCUT2D eigenvalue weighted by Crippen LogP contribution is 2.31. The number of carbonyl (C=O) groups is 1. The van der Waals surface area contributed by atoms with E-state index < -0.39 is 17.8 Å². The fraction of sp³-hybridized carbons (Fsp3) is 0.333. The molecule has 5 rings (SSSR count). The molecule has 0 aliphatic heterocycles. The number of amides is 1. The summed E-state index contributed by atoms with van der Waals surface area (Å²) in [5.74, 6) is -1.06. The van der Waals surface area contributed by atoms with Gasteiger partial charge in [-0.3, -0.25) is 9.48 Å². The number of anilines is 1. The molecule has 42 heavy (non-hydrogen) atoms. The van der Waals surface area contributed by atoms with Gasteiger partial charge < -0.3 is 19.9 Å². The van der Waals surface area contributed by atoms with Crippen LogP contribution in [0.1, 0.15) is 23.0 Å². The number of aliphatic hydroxyl groups excluding tert-OH is 1. The number of tetrazole rings is 1. The van der Waals surface area contributed by atoms with E-state index in [0.717, 1.165) is 22.9 Å². The quantitative estimate of drug-likeness (QED) is 0.207. The number of hydrogen-bond donors (Lipinski definition) is 2. The summed E-state index contributed by atoms with van der Waals surface area (Å²) in [6.07, 6.45) is 4.27. The smallest absolute Gasteiger partial charge is 0.259 e. The SMILES string of the molecule is CCn1nnc(-c2cc(NC(=O)c3cnn4ccc(-c5cn(C[C@H](O)COCCOC)nc5C)cc34)c(Cl)cc2F)n1. The Labute approximate surface area is 244 Å². The van der Waals surface area contributed by atoms with Crippen molar-refractivity contribution in [2.75, 3.05) is 32.2 Å². The fourth-order valence-electron chi connectivity index (χ4n) is 4.34. The van der Waals surface area contributed by atoms with Gasteiger partial charge in [-0.1, -0.05) is 11.6 Å². The molecule has 0 unspecified atom stereocenters. The molecular weight excluding hydrogens is 569 g/mol. The summed E-state index contributed by atoms with van der Waals surface area (Å²) in [7, 11) is 1.59. The van der Waals surface area contributed by atoms with E-state index in [1.54, 1.807) is 22.5 Å². The molecule has 13 nitrogen and oxygen atoms in total. The van der Waals surface area contributed by atoms with Crippen LogP contribution in [0.25, 0.3) is 28.0 Å². The zero-order valence-corrected chi connectivity index (χ0v) is 23.9. The number of carbonyl (C=O) groups excluding carboxylic acids is 1. The van der Waals surface area contributed by atoms with Crippen LogP contribution in [-0.4, -0.2) is 83.6 Å². The zero-order chi connectivity index (χ0) is 29.8. The molecule has 1 amide bonds. The molecule has 0 saturated carbocycles. The summed E-state index contributed by atoms with van der Waals surface area (Å²) < 4.78 is 28.2. The summed E-state index contributed by atoms with van der Waals surface area (Å²) in [4.78, 5) is 14.7. The van der Waals surface area contributed by atoms with Crippen molar-refractivity contribution < 1.29 is 23.8 Å². The van der Waals surface area contributed by atoms with Crippen molar-refractivity contribution in [3.8, 4) is 22.5 Å². The summed E-state index contributed by atoms with van der Waals surface area (Å²) >= 11 is 6.27. The van der Waals surface area contributed by atoms with Crippen LogP contribution in [-0.2, 0) is 22.6 Å². The lowest BCUT2D eigenvalue weighted by Gasteiger charge is -2.11. The summed E-state index contributed by atoms with van der Waals surface area (Å²) in [5.41, 5.74) is 3.43. The molecule has 4 aromatic heterocycles. The van der Waals surface area contributed by atoms with Crippen LogP contribution in [0.3, 0.4) is 0 Å². The van der Waals surface area contributed by atoms with E-state index in [1.807, 2.05) is 32.2 Å². The summed E-state index contributed by atoms with van der Waals surface area (Å²) in [5, 5.41) is 33.8. The van der Waals surface area contributed by atoms with Gasteiger partial charge in [0.1, 0.15) is 5.82 Å². The molecule has 0 spiro atoms. The standard InChI is InChI=1S/C27H29ClFN9O4/c1-4-38-34-26(32-35-38)19-10-24(22(28)11-23(19)29)31-27(40)20-12-30-37-6-5-17(9-25(20)37)21-14-36(33-16(21)2)13-18(39)15-42-8-7-41-3/h5-6,9-12,14,18,39H,4,7-8,13,15H2,1-3H3,(H,31,40)/t18-/m0/s1. The number of methoxy groups -OCH3 is 1. The average Bonchev–Trinajstić information content (AvgIpc) is 3.70. The van der Waals surface area contributed by atoms with Crippen molar-refractivity contribution in [2.24, 2.45) is 0 Å². The second-order valence-electron chi connectivity index (χ2n) is 9.44. The first-order chi connectivity index (χ1) is 20.3. The Bertz CT molecular complexity index is 1720. The lowest BCUT2D eigenvalue weighted by molar-refractivity contribution is 0.00595. The van der Waals surface area contributed by atoms with E-state index >= 15 is 0 Å². The number of halogens is 2. The van der Waals surface area contributed by atoms with E-state index in [2.05, 4.69) is 30.9 Å². The van der Waals surface area contributed by atoms with Gasteiger partial charge in [0, 0.05) is 25.1 Å². The molecule has 5 aromatic rings. The van der Waals surface area contributed by atoms with Crippen LogP contribution in [0.15, 0.2) is 42.9 Å². The van der Waals surface area contributed by atoms with Gasteiger partial charge in [-0.2, -0.15) is 15.0 Å². The molecule has 0 saturated heterocycles. The molecule has 0 fully saturated rings. The lowest BCUT2D eigenvalue weighted by Crippen LogP contribution is -2.23. The van der Waals surface area contributed by atoms with Crippen molar-refractivity contribution in [3.63, 3.8) is 0 Å².